The fourth-order valence-electron chi connectivity index (χ4n) is 0.365. The van der Waals surface area contributed by atoms with Gasteiger partial charge in [-0.05, 0) is 23.9 Å². The van der Waals surface area contributed by atoms with Crippen LogP contribution in [0.15, 0.2) is 11.4 Å². The third-order valence-electron chi connectivity index (χ3n) is 0.835. The van der Waals surface area contributed by atoms with Crippen molar-refractivity contribution >= 4 is 16.3 Å². The lowest BCUT2D eigenvalue weighted by molar-refractivity contribution is 1.46. The zero-order valence-electron chi connectivity index (χ0n) is 4.01. The van der Waals surface area contributed by atoms with Crippen LogP contribution in [0.2, 0.25) is 0 Å². The van der Waals surface area contributed by atoms with Crippen LogP contribution in [-0.2, 0) is 0 Å². The van der Waals surface area contributed by atoms with Crippen LogP contribution in [0.1, 0.15) is 5.56 Å². The minimum absolute atomic E-state index is 0.431. The van der Waals surface area contributed by atoms with Gasteiger partial charge in [0.15, 0.2) is 0 Å². The molecule has 0 bridgehead atoms. The first-order valence-electron chi connectivity index (χ1n) is 2.04. The van der Waals surface area contributed by atoms with Gasteiger partial charge in [-0.25, -0.2) is 0 Å². The first kappa shape index (κ1) is 4.65. The molecule has 7 heavy (non-hydrogen) atoms. The molecule has 0 aliphatic carbocycles. The van der Waals surface area contributed by atoms with Gasteiger partial charge in [0.1, 0.15) is 5.00 Å². The van der Waals surface area contributed by atoms with Gasteiger partial charge in [-0.1, -0.05) is 0 Å². The van der Waals surface area contributed by atoms with Crippen molar-refractivity contribution in [2.24, 2.45) is 0 Å². The van der Waals surface area contributed by atoms with Gasteiger partial charge in [0.25, 0.3) is 0 Å². The summed E-state index contributed by atoms with van der Waals surface area (Å²) in [6.07, 6.45) is 0. The maximum Gasteiger partial charge on any atom is 0.141 e. The van der Waals surface area contributed by atoms with Crippen LogP contribution in [0.5, 0.6) is 0 Å². The van der Waals surface area contributed by atoms with Crippen molar-refractivity contribution in [2.75, 3.05) is 0 Å². The Bertz CT molecular complexity index is 140. The average Bonchev–Trinajstić information content (AvgIpc) is 1.91. The smallest absolute Gasteiger partial charge is 0.138 e. The molecule has 36 valence electrons. The molecule has 2 radical (unpaired) electrons. The predicted octanol–water partition coefficient (Wildman–Crippen LogP) is 1.76. The van der Waals surface area contributed by atoms with Crippen LogP contribution < -0.4 is 5.73 Å². The Morgan fingerprint density at radius 3 is 2.57 bits per heavy atom. The highest BCUT2D eigenvalue weighted by atomic mass is 32.1. The molecule has 1 aromatic rings. The van der Waals surface area contributed by atoms with E-state index in [4.69, 9.17) is 5.73 Å². The standard InChI is InChI=1S/C5H5NS/c1-4-2-3-7-5(4)6/h2-3H,1H3. The average molecular weight is 111 g/mol. The summed E-state index contributed by atoms with van der Waals surface area (Å²) in [5, 5.41) is 2.30. The van der Waals surface area contributed by atoms with Gasteiger partial charge >= 0.3 is 0 Å². The fourth-order valence-corrected chi connectivity index (χ4v) is 1.02. The Labute approximate surface area is 46.8 Å². The number of hydrogen-bond donors (Lipinski definition) is 0. The highest BCUT2D eigenvalue weighted by Gasteiger charge is 1.91. The van der Waals surface area contributed by atoms with Gasteiger partial charge in [0.05, 0.1) is 0 Å². The van der Waals surface area contributed by atoms with Gasteiger partial charge < -0.3 is 0 Å². The van der Waals surface area contributed by atoms with E-state index < -0.39 is 0 Å². The second-order valence-electron chi connectivity index (χ2n) is 1.41. The third-order valence-corrected chi connectivity index (χ3v) is 1.65. The summed E-state index contributed by atoms with van der Waals surface area (Å²) in [5.41, 5.74) is 9.74. The Morgan fingerprint density at radius 2 is 2.43 bits per heavy atom. The lowest BCUT2D eigenvalue weighted by Crippen LogP contribution is -1.60. The van der Waals surface area contributed by atoms with E-state index in [-0.39, 0.29) is 0 Å². The van der Waals surface area contributed by atoms with Crippen molar-refractivity contribution in [3.63, 3.8) is 0 Å². The predicted molar refractivity (Wildman–Crippen MR) is 30.8 cm³/mol. The topological polar surface area (TPSA) is 22.3 Å². The van der Waals surface area contributed by atoms with E-state index in [9.17, 15) is 0 Å². The lowest BCUT2D eigenvalue weighted by Gasteiger charge is -1.75. The lowest BCUT2D eigenvalue weighted by atomic mass is 10.4. The van der Waals surface area contributed by atoms with E-state index in [0.717, 1.165) is 5.56 Å². The van der Waals surface area contributed by atoms with E-state index in [2.05, 4.69) is 0 Å². The Kier molecular flexibility index (Phi) is 1.02. The van der Waals surface area contributed by atoms with Crippen molar-refractivity contribution in [2.45, 2.75) is 6.92 Å². The summed E-state index contributed by atoms with van der Waals surface area (Å²) in [4.78, 5) is 0. The number of rotatable bonds is 0. The Balaban J connectivity index is 3.12. The Hall–Kier alpha value is -0.500. The molecule has 0 aliphatic rings. The molecule has 0 saturated carbocycles. The van der Waals surface area contributed by atoms with Gasteiger partial charge in [0.2, 0.25) is 0 Å². The summed E-state index contributed by atoms with van der Waals surface area (Å²) in [6, 6.07) is 1.89. The van der Waals surface area contributed by atoms with E-state index in [1.54, 1.807) is 0 Å². The zero-order valence-corrected chi connectivity index (χ0v) is 4.83. The third kappa shape index (κ3) is 0.747. The first-order chi connectivity index (χ1) is 3.30. The zero-order chi connectivity index (χ0) is 5.28. The highest BCUT2D eigenvalue weighted by Crippen LogP contribution is 2.18. The maximum atomic E-state index is 8.78. The molecule has 2 heteroatoms. The highest BCUT2D eigenvalue weighted by molar-refractivity contribution is 7.13. The van der Waals surface area contributed by atoms with Crippen LogP contribution in [0.4, 0.5) is 5.00 Å². The molecular weight excluding hydrogens is 106 g/mol. The molecule has 0 N–H and O–H groups in total. The molecule has 1 nitrogen and oxygen atoms in total. The largest absolute Gasteiger partial charge is 0.141 e. The molecule has 0 unspecified atom stereocenters. The van der Waals surface area contributed by atoms with Crippen molar-refractivity contribution in [1.82, 2.24) is 5.73 Å². The quantitative estimate of drug-likeness (QED) is 0.486. The Morgan fingerprint density at radius 1 is 1.71 bits per heavy atom. The number of hydrogen-bond acceptors (Lipinski definition) is 1. The summed E-state index contributed by atoms with van der Waals surface area (Å²) in [7, 11) is 0. The molecule has 0 spiro atoms. The van der Waals surface area contributed by atoms with E-state index in [1.165, 1.54) is 11.3 Å². The van der Waals surface area contributed by atoms with Crippen molar-refractivity contribution in [3.05, 3.63) is 17.0 Å². The van der Waals surface area contributed by atoms with Crippen molar-refractivity contribution < 1.29 is 0 Å². The molecule has 0 aromatic carbocycles. The number of nitrogens with zero attached hydrogens (tertiary/aromatic N) is 1. The van der Waals surface area contributed by atoms with Crippen LogP contribution in [0.3, 0.4) is 0 Å². The van der Waals surface area contributed by atoms with Crippen LogP contribution in [-0.4, -0.2) is 0 Å². The molecule has 0 fully saturated rings. The number of aryl methyl sites for hydroxylation is 1. The minimum Gasteiger partial charge on any atom is -0.138 e. The fraction of sp³-hybridized carbons (Fsp3) is 0.200. The van der Waals surface area contributed by atoms with E-state index in [1.807, 2.05) is 18.4 Å². The van der Waals surface area contributed by atoms with Crippen LogP contribution >= 0.6 is 11.3 Å². The monoisotopic (exact) mass is 111 g/mol. The van der Waals surface area contributed by atoms with E-state index in [0.29, 0.717) is 5.00 Å². The second kappa shape index (κ2) is 1.54. The number of thiophene rings is 1. The molecule has 0 atom stereocenters. The SMILES string of the molecule is Cc1ccsc1[N]. The first-order valence-corrected chi connectivity index (χ1v) is 2.92. The normalized spacial score (nSPS) is 9.29. The summed E-state index contributed by atoms with van der Waals surface area (Å²) >= 11 is 1.36. The van der Waals surface area contributed by atoms with Gasteiger partial charge in [-0.3, -0.25) is 0 Å². The molecule has 0 aliphatic heterocycles. The van der Waals surface area contributed by atoms with Gasteiger partial charge in [-0.2, -0.15) is 0 Å². The van der Waals surface area contributed by atoms with Crippen molar-refractivity contribution in [1.29, 1.82) is 0 Å². The van der Waals surface area contributed by atoms with Crippen molar-refractivity contribution in [3.8, 4) is 0 Å². The van der Waals surface area contributed by atoms with E-state index >= 15 is 0 Å². The molecule has 0 amide bonds. The van der Waals surface area contributed by atoms with Gasteiger partial charge in [-0.15, -0.1) is 17.1 Å². The maximum absolute atomic E-state index is 8.78. The molecule has 1 aromatic heterocycles. The molecule has 1 heterocycles. The summed E-state index contributed by atoms with van der Waals surface area (Å²) in [6.45, 7) is 1.88. The minimum atomic E-state index is 0.431. The summed E-state index contributed by atoms with van der Waals surface area (Å²) < 4.78 is 0. The molecule has 0 saturated heterocycles. The second-order valence-corrected chi connectivity index (χ2v) is 2.30. The van der Waals surface area contributed by atoms with Crippen LogP contribution in [0.25, 0.3) is 0 Å². The summed E-state index contributed by atoms with van der Waals surface area (Å²) in [5.74, 6) is 0. The van der Waals surface area contributed by atoms with Crippen LogP contribution in [0, 0.1) is 6.92 Å². The molecule has 1 rings (SSSR count). The molecular formula is C5H5NS. The van der Waals surface area contributed by atoms with Gasteiger partial charge in [0, 0.05) is 0 Å².